The van der Waals surface area contributed by atoms with Gasteiger partial charge in [-0.3, -0.25) is 9.59 Å². The van der Waals surface area contributed by atoms with E-state index < -0.39 is 6.04 Å². The first-order valence-electron chi connectivity index (χ1n) is 7.59. The summed E-state index contributed by atoms with van der Waals surface area (Å²) in [7, 11) is 0. The zero-order chi connectivity index (χ0) is 16.3. The van der Waals surface area contributed by atoms with Crippen molar-refractivity contribution in [1.29, 1.82) is 0 Å². The van der Waals surface area contributed by atoms with Crippen molar-refractivity contribution in [3.05, 3.63) is 34.4 Å². The number of aryl methyl sites for hydroxylation is 3. The number of nitrogens with zero attached hydrogens (tertiary/aromatic N) is 1. The summed E-state index contributed by atoms with van der Waals surface area (Å²) in [5.41, 5.74) is 4.68. The number of carbonyl (C=O) groups excluding carboxylic acids is 2. The van der Waals surface area contributed by atoms with Crippen LogP contribution in [-0.4, -0.2) is 42.5 Å². The highest BCUT2D eigenvalue weighted by atomic mass is 16.5. The lowest BCUT2D eigenvalue weighted by atomic mass is 10.00. The molecule has 1 aliphatic heterocycles. The molecule has 1 saturated heterocycles. The quantitative estimate of drug-likeness (QED) is 0.920. The molecule has 1 atom stereocenters. The molecule has 5 heteroatoms. The molecule has 120 valence electrons. The molecule has 22 heavy (non-hydrogen) atoms. The average Bonchev–Trinajstić information content (AvgIpc) is 2.45. The monoisotopic (exact) mass is 304 g/mol. The number of nitrogens with one attached hydrogen (secondary N) is 1. The molecule has 1 aromatic carbocycles. The molecule has 1 fully saturated rings. The summed E-state index contributed by atoms with van der Waals surface area (Å²) in [6.45, 7) is 9.33. The van der Waals surface area contributed by atoms with Crippen molar-refractivity contribution in [2.24, 2.45) is 0 Å². The Morgan fingerprint density at radius 1 is 1.27 bits per heavy atom. The maximum atomic E-state index is 12.4. The topological polar surface area (TPSA) is 58.6 Å². The molecule has 0 saturated carbocycles. The standard InChI is InChI=1S/C17H24N2O3/c1-11-7-12(2)15(13(3)8-11)9-18-17(21)16-10-22-6-5-19(16)14(4)20/h7-8,16H,5-6,9-10H2,1-4H3,(H,18,21)/t16-/m0/s1. The first-order chi connectivity index (χ1) is 10.4. The third-order valence-corrected chi connectivity index (χ3v) is 4.12. The van der Waals surface area contributed by atoms with Gasteiger partial charge in [-0.25, -0.2) is 0 Å². The van der Waals surface area contributed by atoms with Crippen LogP contribution in [0.25, 0.3) is 0 Å². The molecule has 1 aromatic rings. The minimum Gasteiger partial charge on any atom is -0.377 e. The van der Waals surface area contributed by atoms with Crippen LogP contribution in [0.1, 0.15) is 29.2 Å². The van der Waals surface area contributed by atoms with E-state index in [1.165, 1.54) is 23.6 Å². The Bertz CT molecular complexity index is 560. The van der Waals surface area contributed by atoms with Crippen LogP contribution in [0.5, 0.6) is 0 Å². The highest BCUT2D eigenvalue weighted by Crippen LogP contribution is 2.16. The predicted molar refractivity (Wildman–Crippen MR) is 84.5 cm³/mol. The van der Waals surface area contributed by atoms with E-state index in [2.05, 4.69) is 24.4 Å². The Kier molecular flexibility index (Phi) is 5.19. The van der Waals surface area contributed by atoms with E-state index in [4.69, 9.17) is 4.74 Å². The average molecular weight is 304 g/mol. The molecule has 0 unspecified atom stereocenters. The molecule has 2 amide bonds. The normalized spacial score (nSPS) is 18.2. The Balaban J connectivity index is 2.05. The van der Waals surface area contributed by atoms with Crippen molar-refractivity contribution < 1.29 is 14.3 Å². The molecule has 0 spiro atoms. The number of rotatable bonds is 3. The number of carbonyl (C=O) groups is 2. The van der Waals surface area contributed by atoms with Crippen LogP contribution < -0.4 is 5.32 Å². The molecule has 0 bridgehead atoms. The van der Waals surface area contributed by atoms with Crippen molar-refractivity contribution in [2.45, 2.75) is 40.3 Å². The van der Waals surface area contributed by atoms with Gasteiger partial charge in [-0.05, 0) is 37.5 Å². The van der Waals surface area contributed by atoms with E-state index in [1.54, 1.807) is 4.90 Å². The van der Waals surface area contributed by atoms with Gasteiger partial charge in [0.05, 0.1) is 13.2 Å². The van der Waals surface area contributed by atoms with E-state index in [-0.39, 0.29) is 18.4 Å². The van der Waals surface area contributed by atoms with Gasteiger partial charge >= 0.3 is 0 Å². The van der Waals surface area contributed by atoms with E-state index in [0.717, 1.165) is 5.56 Å². The lowest BCUT2D eigenvalue weighted by Crippen LogP contribution is -2.55. The highest BCUT2D eigenvalue weighted by molar-refractivity contribution is 5.87. The fourth-order valence-corrected chi connectivity index (χ4v) is 2.98. The number of hydrogen-bond donors (Lipinski definition) is 1. The molecule has 0 aliphatic carbocycles. The van der Waals surface area contributed by atoms with E-state index in [0.29, 0.717) is 19.7 Å². The van der Waals surface area contributed by atoms with Crippen LogP contribution >= 0.6 is 0 Å². The lowest BCUT2D eigenvalue weighted by Gasteiger charge is -2.33. The van der Waals surface area contributed by atoms with Crippen LogP contribution in [0.3, 0.4) is 0 Å². The molecule has 2 rings (SSSR count). The Hall–Kier alpha value is -1.88. The SMILES string of the molecule is CC(=O)N1CCOC[C@H]1C(=O)NCc1c(C)cc(C)cc1C. The smallest absolute Gasteiger partial charge is 0.245 e. The Morgan fingerprint density at radius 2 is 1.91 bits per heavy atom. The van der Waals surface area contributed by atoms with E-state index in [1.807, 2.05) is 13.8 Å². The summed E-state index contributed by atoms with van der Waals surface area (Å²) >= 11 is 0. The van der Waals surface area contributed by atoms with E-state index >= 15 is 0 Å². The fourth-order valence-electron chi connectivity index (χ4n) is 2.98. The lowest BCUT2D eigenvalue weighted by molar-refractivity contribution is -0.147. The number of hydrogen-bond acceptors (Lipinski definition) is 3. The summed E-state index contributed by atoms with van der Waals surface area (Å²) < 4.78 is 5.34. The molecule has 0 aromatic heterocycles. The summed E-state index contributed by atoms with van der Waals surface area (Å²) in [5, 5.41) is 2.94. The molecule has 1 aliphatic rings. The second-order valence-corrected chi connectivity index (χ2v) is 5.90. The number of benzene rings is 1. The zero-order valence-electron chi connectivity index (χ0n) is 13.7. The first kappa shape index (κ1) is 16.5. The summed E-state index contributed by atoms with van der Waals surface area (Å²) in [6.07, 6.45) is 0. The second-order valence-electron chi connectivity index (χ2n) is 5.90. The van der Waals surface area contributed by atoms with Gasteiger partial charge in [0.2, 0.25) is 11.8 Å². The molecular formula is C17H24N2O3. The summed E-state index contributed by atoms with van der Waals surface area (Å²) in [4.78, 5) is 25.6. The van der Waals surface area contributed by atoms with Gasteiger partial charge in [-0.15, -0.1) is 0 Å². The van der Waals surface area contributed by atoms with Gasteiger partial charge < -0.3 is 15.0 Å². The number of amides is 2. The predicted octanol–water partition coefficient (Wildman–Crippen LogP) is 1.48. The van der Waals surface area contributed by atoms with Gasteiger partial charge in [0.15, 0.2) is 0 Å². The third kappa shape index (κ3) is 3.65. The van der Waals surface area contributed by atoms with Crippen LogP contribution in [0.15, 0.2) is 12.1 Å². The fraction of sp³-hybridized carbons (Fsp3) is 0.529. The molecule has 1 heterocycles. The molecular weight excluding hydrogens is 280 g/mol. The van der Waals surface area contributed by atoms with Crippen LogP contribution in [0.4, 0.5) is 0 Å². The van der Waals surface area contributed by atoms with Gasteiger partial charge in [0.1, 0.15) is 6.04 Å². The second kappa shape index (κ2) is 6.92. The summed E-state index contributed by atoms with van der Waals surface area (Å²) in [5.74, 6) is -0.250. The maximum absolute atomic E-state index is 12.4. The maximum Gasteiger partial charge on any atom is 0.245 e. The first-order valence-corrected chi connectivity index (χ1v) is 7.59. The third-order valence-electron chi connectivity index (χ3n) is 4.12. The zero-order valence-corrected chi connectivity index (χ0v) is 13.7. The van der Waals surface area contributed by atoms with Gasteiger partial charge in [0, 0.05) is 20.0 Å². The Labute approximate surface area is 131 Å². The van der Waals surface area contributed by atoms with Gasteiger partial charge in [0.25, 0.3) is 0 Å². The van der Waals surface area contributed by atoms with Crippen LogP contribution in [-0.2, 0) is 20.9 Å². The minimum atomic E-state index is -0.530. The highest BCUT2D eigenvalue weighted by Gasteiger charge is 2.30. The van der Waals surface area contributed by atoms with E-state index in [9.17, 15) is 9.59 Å². The molecule has 0 radical (unpaired) electrons. The van der Waals surface area contributed by atoms with Crippen molar-refractivity contribution >= 4 is 11.8 Å². The van der Waals surface area contributed by atoms with Crippen molar-refractivity contribution in [3.8, 4) is 0 Å². The van der Waals surface area contributed by atoms with Crippen LogP contribution in [0.2, 0.25) is 0 Å². The molecule has 5 nitrogen and oxygen atoms in total. The van der Waals surface area contributed by atoms with Crippen molar-refractivity contribution in [3.63, 3.8) is 0 Å². The van der Waals surface area contributed by atoms with Gasteiger partial charge in [-0.2, -0.15) is 0 Å². The summed E-state index contributed by atoms with van der Waals surface area (Å²) in [6, 6.07) is 3.69. The van der Waals surface area contributed by atoms with Crippen molar-refractivity contribution in [2.75, 3.05) is 19.8 Å². The largest absolute Gasteiger partial charge is 0.377 e. The molecule has 1 N–H and O–H groups in total. The Morgan fingerprint density at radius 3 is 2.50 bits per heavy atom. The van der Waals surface area contributed by atoms with Crippen molar-refractivity contribution in [1.82, 2.24) is 10.2 Å². The number of morpholine rings is 1. The minimum absolute atomic E-state index is 0.0915. The number of ether oxygens (including phenoxy) is 1. The van der Waals surface area contributed by atoms with Crippen LogP contribution in [0, 0.1) is 20.8 Å². The van der Waals surface area contributed by atoms with Gasteiger partial charge in [-0.1, -0.05) is 17.7 Å².